The molecule has 0 radical (unpaired) electrons. The summed E-state index contributed by atoms with van der Waals surface area (Å²) in [4.78, 5) is 0. The number of rotatable bonds is 2. The van der Waals surface area contributed by atoms with Crippen LogP contribution < -0.4 is 11.1 Å². The minimum absolute atomic E-state index is 0.0516. The Morgan fingerprint density at radius 3 is 2.42 bits per heavy atom. The first-order chi connectivity index (χ1) is 5.65. The second-order valence-electron chi connectivity index (χ2n) is 3.11. The van der Waals surface area contributed by atoms with Gasteiger partial charge in [-0.05, 0) is 37.6 Å². The van der Waals surface area contributed by atoms with Crippen LogP contribution in [-0.4, -0.2) is 7.05 Å². The molecule has 0 spiro atoms. The Bertz CT molecular complexity index is 269. The summed E-state index contributed by atoms with van der Waals surface area (Å²) in [5.74, 6) is 0. The summed E-state index contributed by atoms with van der Waals surface area (Å²) < 4.78 is 0. The fraction of sp³-hybridized carbons (Fsp3) is 0.400. The summed E-state index contributed by atoms with van der Waals surface area (Å²) in [6.07, 6.45) is -0.0516. The Morgan fingerprint density at radius 1 is 1.25 bits per heavy atom. The van der Waals surface area contributed by atoms with Crippen molar-refractivity contribution < 1.29 is 0 Å². The Morgan fingerprint density at radius 2 is 1.92 bits per heavy atom. The van der Waals surface area contributed by atoms with Crippen molar-refractivity contribution in [1.29, 1.82) is 0 Å². The topological polar surface area (TPSA) is 38.0 Å². The lowest BCUT2D eigenvalue weighted by atomic mass is 10.1. The maximum atomic E-state index is 5.80. The van der Waals surface area contributed by atoms with Crippen molar-refractivity contribution in [3.8, 4) is 0 Å². The van der Waals surface area contributed by atoms with Crippen molar-refractivity contribution in [2.45, 2.75) is 20.0 Å². The van der Waals surface area contributed by atoms with Crippen LogP contribution in [0.1, 0.15) is 22.9 Å². The summed E-state index contributed by atoms with van der Waals surface area (Å²) in [5, 5.41) is 3.01. The number of aryl methyl sites for hydroxylation is 2. The first-order valence-electron chi connectivity index (χ1n) is 4.15. The largest absolute Gasteiger partial charge is 0.312 e. The fourth-order valence-electron chi connectivity index (χ4n) is 1.12. The van der Waals surface area contributed by atoms with Gasteiger partial charge in [-0.1, -0.05) is 18.2 Å². The molecule has 1 rings (SSSR count). The molecule has 2 heteroatoms. The number of nitrogens with two attached hydrogens (primary N) is 1. The molecule has 0 amide bonds. The van der Waals surface area contributed by atoms with Gasteiger partial charge in [-0.15, -0.1) is 0 Å². The van der Waals surface area contributed by atoms with Crippen molar-refractivity contribution in [2.24, 2.45) is 5.73 Å². The highest BCUT2D eigenvalue weighted by atomic mass is 15.0. The predicted molar refractivity (Wildman–Crippen MR) is 51.9 cm³/mol. The molecule has 1 aromatic rings. The quantitative estimate of drug-likeness (QED) is 0.650. The van der Waals surface area contributed by atoms with E-state index in [4.69, 9.17) is 5.73 Å². The molecule has 0 saturated heterocycles. The van der Waals surface area contributed by atoms with Crippen LogP contribution in [-0.2, 0) is 0 Å². The summed E-state index contributed by atoms with van der Waals surface area (Å²) in [6, 6.07) is 6.28. The van der Waals surface area contributed by atoms with Gasteiger partial charge in [0.05, 0.1) is 6.17 Å². The van der Waals surface area contributed by atoms with Crippen LogP contribution in [0.3, 0.4) is 0 Å². The van der Waals surface area contributed by atoms with Crippen molar-refractivity contribution in [3.05, 3.63) is 34.9 Å². The number of benzene rings is 1. The smallest absolute Gasteiger partial charge is 0.0807 e. The Labute approximate surface area is 73.8 Å². The summed E-state index contributed by atoms with van der Waals surface area (Å²) in [6.45, 7) is 4.20. The minimum atomic E-state index is -0.0516. The lowest BCUT2D eigenvalue weighted by molar-refractivity contribution is 0.622. The molecule has 66 valence electrons. The van der Waals surface area contributed by atoms with Gasteiger partial charge in [0.2, 0.25) is 0 Å². The first kappa shape index (κ1) is 9.23. The number of nitrogens with one attached hydrogen (secondary N) is 1. The summed E-state index contributed by atoms with van der Waals surface area (Å²) >= 11 is 0. The highest BCUT2D eigenvalue weighted by Gasteiger charge is 2.02. The molecular weight excluding hydrogens is 148 g/mol. The third-order valence-electron chi connectivity index (χ3n) is 2.20. The van der Waals surface area contributed by atoms with Crippen molar-refractivity contribution in [3.63, 3.8) is 0 Å². The van der Waals surface area contributed by atoms with E-state index in [-0.39, 0.29) is 6.17 Å². The zero-order valence-corrected chi connectivity index (χ0v) is 7.89. The van der Waals surface area contributed by atoms with E-state index in [1.165, 1.54) is 11.1 Å². The molecule has 12 heavy (non-hydrogen) atoms. The molecule has 0 saturated carbocycles. The SMILES string of the molecule is CNC(N)c1ccc(C)c(C)c1. The average molecular weight is 164 g/mol. The molecule has 1 unspecified atom stereocenters. The van der Waals surface area contributed by atoms with Gasteiger partial charge in [-0.3, -0.25) is 0 Å². The third-order valence-corrected chi connectivity index (χ3v) is 2.20. The molecular formula is C10H16N2. The normalized spacial score (nSPS) is 13.0. The van der Waals surface area contributed by atoms with E-state index >= 15 is 0 Å². The predicted octanol–water partition coefficient (Wildman–Crippen LogP) is 1.48. The summed E-state index contributed by atoms with van der Waals surface area (Å²) in [7, 11) is 1.86. The zero-order chi connectivity index (χ0) is 9.14. The maximum absolute atomic E-state index is 5.80. The van der Waals surface area contributed by atoms with E-state index in [1.54, 1.807) is 0 Å². The highest BCUT2D eigenvalue weighted by molar-refractivity contribution is 5.31. The Hall–Kier alpha value is -0.860. The summed E-state index contributed by atoms with van der Waals surface area (Å²) in [5.41, 5.74) is 9.54. The van der Waals surface area contributed by atoms with Gasteiger partial charge in [0.25, 0.3) is 0 Å². The van der Waals surface area contributed by atoms with E-state index in [2.05, 4.69) is 37.4 Å². The molecule has 3 N–H and O–H groups in total. The molecule has 0 fully saturated rings. The Balaban J connectivity index is 2.96. The van der Waals surface area contributed by atoms with E-state index in [0.29, 0.717) is 0 Å². The van der Waals surface area contributed by atoms with Gasteiger partial charge in [-0.2, -0.15) is 0 Å². The first-order valence-corrected chi connectivity index (χ1v) is 4.15. The molecule has 0 aromatic heterocycles. The molecule has 1 atom stereocenters. The standard InChI is InChI=1S/C10H16N2/c1-7-4-5-9(6-8(7)2)10(11)12-3/h4-6,10,12H,11H2,1-3H3. The molecule has 0 aliphatic heterocycles. The van der Waals surface area contributed by atoms with Gasteiger partial charge in [0.1, 0.15) is 0 Å². The molecule has 0 aliphatic rings. The number of hydrogen-bond acceptors (Lipinski definition) is 2. The van der Waals surface area contributed by atoms with Crippen LogP contribution in [0, 0.1) is 13.8 Å². The second-order valence-corrected chi connectivity index (χ2v) is 3.11. The van der Waals surface area contributed by atoms with E-state index in [0.717, 1.165) is 5.56 Å². The average Bonchev–Trinajstić information content (AvgIpc) is 2.08. The zero-order valence-electron chi connectivity index (χ0n) is 7.89. The highest BCUT2D eigenvalue weighted by Crippen LogP contribution is 2.13. The van der Waals surface area contributed by atoms with Crippen molar-refractivity contribution in [1.82, 2.24) is 5.32 Å². The van der Waals surface area contributed by atoms with Gasteiger partial charge in [-0.25, -0.2) is 0 Å². The Kier molecular flexibility index (Phi) is 2.84. The van der Waals surface area contributed by atoms with Crippen LogP contribution >= 0.6 is 0 Å². The molecule has 1 aromatic carbocycles. The third kappa shape index (κ3) is 1.84. The second kappa shape index (κ2) is 3.70. The lowest BCUT2D eigenvalue weighted by Crippen LogP contribution is -2.24. The fourth-order valence-corrected chi connectivity index (χ4v) is 1.12. The van der Waals surface area contributed by atoms with Crippen LogP contribution in [0.5, 0.6) is 0 Å². The monoisotopic (exact) mass is 164 g/mol. The molecule has 2 nitrogen and oxygen atoms in total. The van der Waals surface area contributed by atoms with Gasteiger partial charge in [0.15, 0.2) is 0 Å². The van der Waals surface area contributed by atoms with E-state index in [9.17, 15) is 0 Å². The number of hydrogen-bond donors (Lipinski definition) is 2. The maximum Gasteiger partial charge on any atom is 0.0807 e. The lowest BCUT2D eigenvalue weighted by Gasteiger charge is -2.11. The van der Waals surface area contributed by atoms with E-state index in [1.807, 2.05) is 7.05 Å². The van der Waals surface area contributed by atoms with Crippen LogP contribution in [0.15, 0.2) is 18.2 Å². The van der Waals surface area contributed by atoms with Crippen molar-refractivity contribution >= 4 is 0 Å². The minimum Gasteiger partial charge on any atom is -0.312 e. The van der Waals surface area contributed by atoms with Crippen LogP contribution in [0.2, 0.25) is 0 Å². The van der Waals surface area contributed by atoms with Gasteiger partial charge in [0, 0.05) is 0 Å². The molecule has 0 bridgehead atoms. The molecule has 0 aliphatic carbocycles. The van der Waals surface area contributed by atoms with Gasteiger partial charge < -0.3 is 11.1 Å². The van der Waals surface area contributed by atoms with Crippen molar-refractivity contribution in [2.75, 3.05) is 7.05 Å². The van der Waals surface area contributed by atoms with Crippen LogP contribution in [0.25, 0.3) is 0 Å². The van der Waals surface area contributed by atoms with Crippen LogP contribution in [0.4, 0.5) is 0 Å². The van der Waals surface area contributed by atoms with E-state index < -0.39 is 0 Å². The molecule has 0 heterocycles. The van der Waals surface area contributed by atoms with Gasteiger partial charge >= 0.3 is 0 Å².